The van der Waals surface area contributed by atoms with Crippen molar-refractivity contribution < 1.29 is 23.8 Å². The number of unbranched alkanes of at least 4 members (excludes halogenated alkanes) is 27. The van der Waals surface area contributed by atoms with E-state index >= 15 is 0 Å². The second-order valence-corrected chi connectivity index (χ2v) is 18.1. The highest BCUT2D eigenvalue weighted by Gasteiger charge is 2.17. The first-order valence-electron chi connectivity index (χ1n) is 27.5. The Morgan fingerprint density at radius 3 is 1.23 bits per heavy atom. The fourth-order valence-corrected chi connectivity index (χ4v) is 7.65. The molecule has 1 unspecified atom stereocenters. The lowest BCUT2D eigenvalue weighted by molar-refractivity contribution is -0.163. The zero-order chi connectivity index (χ0) is 46.3. The van der Waals surface area contributed by atoms with E-state index in [0.29, 0.717) is 19.4 Å². The molecule has 64 heavy (non-hydrogen) atoms. The monoisotopic (exact) mass is 893 g/mol. The normalized spacial score (nSPS) is 12.7. The molecule has 0 spiro atoms. The lowest BCUT2D eigenvalue weighted by Gasteiger charge is -2.18. The Bertz CT molecular complexity index is 1150. The molecule has 0 aliphatic carbocycles. The van der Waals surface area contributed by atoms with E-state index in [4.69, 9.17) is 14.2 Å². The summed E-state index contributed by atoms with van der Waals surface area (Å²) in [6, 6.07) is 0. The number of carbonyl (C=O) groups excluding carboxylic acids is 2. The predicted molar refractivity (Wildman–Crippen MR) is 279 cm³/mol. The minimum absolute atomic E-state index is 0.0528. The first kappa shape index (κ1) is 61.3. The summed E-state index contributed by atoms with van der Waals surface area (Å²) in [5.41, 5.74) is 0. The first-order valence-corrected chi connectivity index (χ1v) is 27.5. The van der Waals surface area contributed by atoms with Gasteiger partial charge >= 0.3 is 11.9 Å². The van der Waals surface area contributed by atoms with Gasteiger partial charge in [-0.05, 0) is 77.0 Å². The summed E-state index contributed by atoms with van der Waals surface area (Å²) in [5, 5.41) is 0. The molecule has 0 N–H and O–H groups in total. The highest BCUT2D eigenvalue weighted by atomic mass is 16.6. The van der Waals surface area contributed by atoms with Gasteiger partial charge in [-0.1, -0.05) is 248 Å². The van der Waals surface area contributed by atoms with Crippen molar-refractivity contribution in [2.75, 3.05) is 19.8 Å². The van der Waals surface area contributed by atoms with E-state index in [2.05, 4.69) is 93.7 Å². The molecular formula is C59H104O5. The molecule has 0 aromatic rings. The van der Waals surface area contributed by atoms with Crippen LogP contribution in [0, 0.1) is 0 Å². The van der Waals surface area contributed by atoms with Crippen LogP contribution >= 0.6 is 0 Å². The quantitative estimate of drug-likeness (QED) is 0.0346. The van der Waals surface area contributed by atoms with Gasteiger partial charge in [0.15, 0.2) is 6.10 Å². The molecule has 0 radical (unpaired) electrons. The van der Waals surface area contributed by atoms with Gasteiger partial charge in [-0.15, -0.1) is 0 Å². The maximum atomic E-state index is 12.8. The van der Waals surface area contributed by atoms with Gasteiger partial charge in [-0.2, -0.15) is 0 Å². The number of carbonyl (C=O) groups is 2. The Balaban J connectivity index is 4.27. The van der Waals surface area contributed by atoms with Crippen molar-refractivity contribution in [2.24, 2.45) is 0 Å². The summed E-state index contributed by atoms with van der Waals surface area (Å²) in [5.74, 6) is -0.469. The number of allylic oxidation sites excluding steroid dienone is 12. The highest BCUT2D eigenvalue weighted by molar-refractivity contribution is 5.70. The fourth-order valence-electron chi connectivity index (χ4n) is 7.65. The Labute approximate surface area is 397 Å². The molecular weight excluding hydrogens is 789 g/mol. The SMILES string of the molecule is CC/C=C\C/C=C\C/C=C\C/C=C\C/C=C\CCCC(=O)OCC(COCCCCCCCCCCCCCCCCCCCCCC)OC(=O)CCCCCCC/C=C\CCCC. The van der Waals surface area contributed by atoms with E-state index in [1.165, 1.54) is 148 Å². The van der Waals surface area contributed by atoms with Crippen LogP contribution in [-0.2, 0) is 23.8 Å². The fraction of sp³-hybridized carbons (Fsp3) is 0.763. The van der Waals surface area contributed by atoms with Crippen molar-refractivity contribution in [3.05, 3.63) is 72.9 Å². The Morgan fingerprint density at radius 2 is 0.734 bits per heavy atom. The largest absolute Gasteiger partial charge is 0.462 e. The number of hydrogen-bond acceptors (Lipinski definition) is 5. The standard InChI is InChI=1S/C59H104O5/c1-4-7-10-13-16-19-22-24-26-28-29-30-32-34-36-39-42-45-48-51-54-62-55-57(64-59(61)53-50-47-44-41-37-21-18-15-12-9-6-3)56-63-58(60)52-49-46-43-40-38-35-33-31-27-25-23-20-17-14-11-8-5-2/h8,11,15,17-18,20,25,27,33,35,40,43,57H,4-7,9-10,12-14,16,19,21-24,26,28-32,34,36-39,41-42,44-56H2,1-3H3/b11-8-,18-15-,20-17-,27-25-,35-33-,43-40-. The maximum Gasteiger partial charge on any atom is 0.306 e. The molecule has 0 amide bonds. The predicted octanol–water partition coefficient (Wildman–Crippen LogP) is 18.7. The van der Waals surface area contributed by atoms with Gasteiger partial charge in [0.05, 0.1) is 6.61 Å². The number of rotatable bonds is 50. The van der Waals surface area contributed by atoms with Crippen molar-refractivity contribution >= 4 is 11.9 Å². The first-order chi connectivity index (χ1) is 31.6. The minimum atomic E-state index is -0.563. The summed E-state index contributed by atoms with van der Waals surface area (Å²) in [7, 11) is 0. The summed E-state index contributed by atoms with van der Waals surface area (Å²) in [6.45, 7) is 7.64. The number of ether oxygens (including phenoxy) is 3. The van der Waals surface area contributed by atoms with Gasteiger partial charge in [0.25, 0.3) is 0 Å². The number of esters is 2. The average molecular weight is 893 g/mol. The van der Waals surface area contributed by atoms with E-state index < -0.39 is 6.10 Å². The van der Waals surface area contributed by atoms with E-state index in [1.54, 1.807) is 0 Å². The topological polar surface area (TPSA) is 61.8 Å². The Kier molecular flexibility index (Phi) is 52.4. The van der Waals surface area contributed by atoms with Crippen LogP contribution in [0.15, 0.2) is 72.9 Å². The third-order valence-corrected chi connectivity index (χ3v) is 11.7. The summed E-state index contributed by atoms with van der Waals surface area (Å²) in [6.07, 6.45) is 70.7. The summed E-state index contributed by atoms with van der Waals surface area (Å²) in [4.78, 5) is 25.4. The molecule has 370 valence electrons. The molecule has 0 saturated heterocycles. The third-order valence-electron chi connectivity index (χ3n) is 11.7. The van der Waals surface area contributed by atoms with Gasteiger partial charge < -0.3 is 14.2 Å². The lowest BCUT2D eigenvalue weighted by atomic mass is 10.0. The van der Waals surface area contributed by atoms with Gasteiger partial charge in [0.2, 0.25) is 0 Å². The Hall–Kier alpha value is -2.66. The molecule has 5 heteroatoms. The van der Waals surface area contributed by atoms with Crippen LogP contribution in [0.1, 0.15) is 265 Å². The van der Waals surface area contributed by atoms with Crippen molar-refractivity contribution in [3.8, 4) is 0 Å². The van der Waals surface area contributed by atoms with E-state index in [1.807, 2.05) is 0 Å². The molecule has 1 atom stereocenters. The van der Waals surface area contributed by atoms with Crippen LogP contribution in [-0.4, -0.2) is 37.9 Å². The molecule has 0 aromatic carbocycles. The van der Waals surface area contributed by atoms with Crippen molar-refractivity contribution in [2.45, 2.75) is 271 Å². The molecule has 0 saturated carbocycles. The second-order valence-electron chi connectivity index (χ2n) is 18.1. The second kappa shape index (κ2) is 54.7. The van der Waals surface area contributed by atoms with Crippen LogP contribution in [0.4, 0.5) is 0 Å². The maximum absolute atomic E-state index is 12.8. The van der Waals surface area contributed by atoms with E-state index in [0.717, 1.165) is 83.5 Å². The van der Waals surface area contributed by atoms with Crippen LogP contribution in [0.2, 0.25) is 0 Å². The van der Waals surface area contributed by atoms with Crippen LogP contribution in [0.5, 0.6) is 0 Å². The smallest absolute Gasteiger partial charge is 0.306 e. The molecule has 0 aliphatic rings. The minimum Gasteiger partial charge on any atom is -0.462 e. The van der Waals surface area contributed by atoms with Crippen LogP contribution in [0.3, 0.4) is 0 Å². The average Bonchev–Trinajstić information content (AvgIpc) is 3.30. The molecule has 0 rings (SSSR count). The van der Waals surface area contributed by atoms with Crippen LogP contribution in [0.25, 0.3) is 0 Å². The molecule has 0 bridgehead atoms. The van der Waals surface area contributed by atoms with Crippen LogP contribution < -0.4 is 0 Å². The molecule has 0 fully saturated rings. The zero-order valence-electron chi connectivity index (χ0n) is 42.5. The molecule has 0 aliphatic heterocycles. The van der Waals surface area contributed by atoms with Gasteiger partial charge in [-0.25, -0.2) is 0 Å². The number of hydrogen-bond donors (Lipinski definition) is 0. The van der Waals surface area contributed by atoms with Crippen molar-refractivity contribution in [1.29, 1.82) is 0 Å². The van der Waals surface area contributed by atoms with Crippen molar-refractivity contribution in [1.82, 2.24) is 0 Å². The zero-order valence-corrected chi connectivity index (χ0v) is 42.5. The highest BCUT2D eigenvalue weighted by Crippen LogP contribution is 2.16. The summed E-state index contributed by atoms with van der Waals surface area (Å²) >= 11 is 0. The Morgan fingerprint density at radius 1 is 0.359 bits per heavy atom. The molecule has 0 aromatic heterocycles. The van der Waals surface area contributed by atoms with Gasteiger partial charge in [0, 0.05) is 19.4 Å². The van der Waals surface area contributed by atoms with Crippen molar-refractivity contribution in [3.63, 3.8) is 0 Å². The molecule has 0 heterocycles. The van der Waals surface area contributed by atoms with E-state index in [-0.39, 0.29) is 25.2 Å². The van der Waals surface area contributed by atoms with Gasteiger partial charge in [-0.3, -0.25) is 9.59 Å². The lowest BCUT2D eigenvalue weighted by Crippen LogP contribution is -2.30. The van der Waals surface area contributed by atoms with Gasteiger partial charge in [0.1, 0.15) is 6.61 Å². The third kappa shape index (κ3) is 52.0. The van der Waals surface area contributed by atoms with E-state index in [9.17, 15) is 9.59 Å². The molecule has 5 nitrogen and oxygen atoms in total. The summed E-state index contributed by atoms with van der Waals surface area (Å²) < 4.78 is 17.4.